The summed E-state index contributed by atoms with van der Waals surface area (Å²) in [5.74, 6) is 0.434. The Labute approximate surface area is 117 Å². The van der Waals surface area contributed by atoms with E-state index in [-0.39, 0.29) is 18.6 Å². The van der Waals surface area contributed by atoms with Gasteiger partial charge in [-0.1, -0.05) is 0 Å². The highest BCUT2D eigenvalue weighted by Crippen LogP contribution is 2.17. The lowest BCUT2D eigenvalue weighted by atomic mass is 10.3. The van der Waals surface area contributed by atoms with Crippen molar-refractivity contribution in [2.24, 2.45) is 0 Å². The Morgan fingerprint density at radius 2 is 2.05 bits per heavy atom. The molecule has 0 bridgehead atoms. The van der Waals surface area contributed by atoms with E-state index in [0.717, 1.165) is 5.52 Å². The second-order valence-electron chi connectivity index (χ2n) is 4.60. The van der Waals surface area contributed by atoms with Crippen LogP contribution >= 0.6 is 0 Å². The number of hydrogen-bond acceptors (Lipinski definition) is 6. The van der Waals surface area contributed by atoms with Gasteiger partial charge in [0.15, 0.2) is 5.65 Å². The fourth-order valence-electron chi connectivity index (χ4n) is 1.88. The van der Waals surface area contributed by atoms with Crippen molar-refractivity contribution < 1.29 is 9.53 Å². The molecule has 0 saturated carbocycles. The molecule has 0 aliphatic rings. The van der Waals surface area contributed by atoms with Crippen molar-refractivity contribution in [3.63, 3.8) is 0 Å². The molecular weight excluding hydrogens is 256 g/mol. The average molecular weight is 274 g/mol. The monoisotopic (exact) mass is 274 g/mol. The molecule has 0 spiro atoms. The van der Waals surface area contributed by atoms with Gasteiger partial charge in [0.2, 0.25) is 0 Å². The largest absolute Gasteiger partial charge is 0.465 e. The summed E-state index contributed by atoms with van der Waals surface area (Å²) in [5, 5.41) is 0. The Balaban J connectivity index is 2.29. The van der Waals surface area contributed by atoms with Crippen LogP contribution in [0.4, 0.5) is 5.82 Å². The van der Waals surface area contributed by atoms with E-state index in [2.05, 4.69) is 15.0 Å². The van der Waals surface area contributed by atoms with E-state index < -0.39 is 0 Å². The highest BCUT2D eigenvalue weighted by atomic mass is 16.5. The van der Waals surface area contributed by atoms with Crippen molar-refractivity contribution in [1.82, 2.24) is 15.0 Å². The van der Waals surface area contributed by atoms with Gasteiger partial charge in [0.05, 0.1) is 6.61 Å². The molecule has 0 amide bonds. The first-order chi connectivity index (χ1) is 9.61. The number of aromatic nitrogens is 3. The molecule has 0 aromatic carbocycles. The van der Waals surface area contributed by atoms with Gasteiger partial charge in [0, 0.05) is 18.4 Å². The zero-order valence-corrected chi connectivity index (χ0v) is 11.9. The van der Waals surface area contributed by atoms with E-state index in [1.807, 2.05) is 30.9 Å². The van der Waals surface area contributed by atoms with Crippen molar-refractivity contribution >= 4 is 23.0 Å². The highest BCUT2D eigenvalue weighted by molar-refractivity contribution is 5.77. The van der Waals surface area contributed by atoms with E-state index in [4.69, 9.17) is 4.74 Å². The number of ether oxygens (including phenoxy) is 1. The van der Waals surface area contributed by atoms with Gasteiger partial charge in [-0.05, 0) is 32.9 Å². The minimum atomic E-state index is -0.262. The van der Waals surface area contributed by atoms with E-state index in [1.54, 1.807) is 19.3 Å². The van der Waals surface area contributed by atoms with Crippen molar-refractivity contribution in [2.45, 2.75) is 26.8 Å². The molecule has 6 heteroatoms. The highest BCUT2D eigenvalue weighted by Gasteiger charge is 2.17. The summed E-state index contributed by atoms with van der Waals surface area (Å²) in [6.07, 6.45) is 3.23. The van der Waals surface area contributed by atoms with Crippen molar-refractivity contribution in [1.29, 1.82) is 0 Å². The van der Waals surface area contributed by atoms with E-state index in [0.29, 0.717) is 18.1 Å². The van der Waals surface area contributed by atoms with Crippen LogP contribution < -0.4 is 4.90 Å². The molecule has 0 atom stereocenters. The lowest BCUT2D eigenvalue weighted by Crippen LogP contribution is -2.37. The molecule has 2 aromatic heterocycles. The number of hydrogen-bond donors (Lipinski definition) is 0. The predicted molar refractivity (Wildman–Crippen MR) is 76.4 cm³/mol. The Kier molecular flexibility index (Phi) is 4.45. The van der Waals surface area contributed by atoms with Crippen molar-refractivity contribution in [2.75, 3.05) is 18.1 Å². The second-order valence-corrected chi connectivity index (χ2v) is 4.60. The summed E-state index contributed by atoms with van der Waals surface area (Å²) in [4.78, 5) is 26.4. The minimum Gasteiger partial charge on any atom is -0.465 e. The zero-order valence-electron chi connectivity index (χ0n) is 11.9. The maximum absolute atomic E-state index is 11.7. The number of esters is 1. The van der Waals surface area contributed by atoms with Gasteiger partial charge >= 0.3 is 5.97 Å². The number of fused-ring (bicyclic) bond motifs is 1. The first-order valence-corrected chi connectivity index (χ1v) is 6.62. The fraction of sp³-hybridized carbons (Fsp3) is 0.429. The van der Waals surface area contributed by atoms with Crippen molar-refractivity contribution in [3.8, 4) is 0 Å². The van der Waals surface area contributed by atoms with Crippen LogP contribution in [0.15, 0.2) is 24.5 Å². The third-order valence-electron chi connectivity index (χ3n) is 2.84. The lowest BCUT2D eigenvalue weighted by Gasteiger charge is -2.26. The van der Waals surface area contributed by atoms with Crippen LogP contribution in [0.3, 0.4) is 0 Å². The third-order valence-corrected chi connectivity index (χ3v) is 2.84. The van der Waals surface area contributed by atoms with Gasteiger partial charge in [-0.25, -0.2) is 9.97 Å². The van der Waals surface area contributed by atoms with Crippen LogP contribution in [0, 0.1) is 0 Å². The van der Waals surface area contributed by atoms with E-state index in [9.17, 15) is 4.79 Å². The molecule has 0 radical (unpaired) electrons. The summed E-state index contributed by atoms with van der Waals surface area (Å²) in [6.45, 7) is 6.34. The summed E-state index contributed by atoms with van der Waals surface area (Å²) in [5.41, 5.74) is 1.30. The van der Waals surface area contributed by atoms with Crippen LogP contribution in [-0.2, 0) is 9.53 Å². The number of pyridine rings is 1. The normalized spacial score (nSPS) is 10.8. The van der Waals surface area contributed by atoms with Gasteiger partial charge in [-0.15, -0.1) is 0 Å². The minimum absolute atomic E-state index is 0.126. The Hall–Kier alpha value is -2.24. The first-order valence-electron chi connectivity index (χ1n) is 6.62. The number of anilines is 1. The van der Waals surface area contributed by atoms with E-state index in [1.165, 1.54) is 0 Å². The third kappa shape index (κ3) is 3.20. The summed E-state index contributed by atoms with van der Waals surface area (Å²) >= 11 is 0. The number of nitrogens with zero attached hydrogens (tertiary/aromatic N) is 4. The molecule has 0 aliphatic heterocycles. The maximum atomic E-state index is 11.7. The van der Waals surface area contributed by atoms with Gasteiger partial charge in [0.1, 0.15) is 17.9 Å². The molecule has 0 unspecified atom stereocenters. The van der Waals surface area contributed by atoms with Gasteiger partial charge in [0.25, 0.3) is 0 Å². The van der Waals surface area contributed by atoms with Crippen LogP contribution in [0.1, 0.15) is 20.8 Å². The van der Waals surface area contributed by atoms with Crippen LogP contribution in [0.25, 0.3) is 11.2 Å². The topological polar surface area (TPSA) is 68.2 Å². The van der Waals surface area contributed by atoms with Crippen molar-refractivity contribution in [3.05, 3.63) is 24.5 Å². The number of carbonyl (C=O) groups is 1. The number of carbonyl (C=O) groups excluding carboxylic acids is 1. The molecule has 0 fully saturated rings. The van der Waals surface area contributed by atoms with Gasteiger partial charge < -0.3 is 9.64 Å². The van der Waals surface area contributed by atoms with Crippen LogP contribution in [0.2, 0.25) is 0 Å². The first kappa shape index (κ1) is 14.2. The Morgan fingerprint density at radius 3 is 2.75 bits per heavy atom. The van der Waals surface area contributed by atoms with Crippen LogP contribution in [0.5, 0.6) is 0 Å². The summed E-state index contributed by atoms with van der Waals surface area (Å²) < 4.78 is 5.00. The van der Waals surface area contributed by atoms with E-state index >= 15 is 0 Å². The van der Waals surface area contributed by atoms with Crippen LogP contribution in [-0.4, -0.2) is 40.1 Å². The summed E-state index contributed by atoms with van der Waals surface area (Å²) in [7, 11) is 0. The molecular formula is C14H18N4O2. The Morgan fingerprint density at radius 1 is 1.30 bits per heavy atom. The predicted octanol–water partition coefficient (Wildman–Crippen LogP) is 1.80. The molecule has 2 aromatic rings. The quantitative estimate of drug-likeness (QED) is 0.774. The maximum Gasteiger partial charge on any atom is 0.325 e. The molecule has 106 valence electrons. The van der Waals surface area contributed by atoms with Gasteiger partial charge in [-0.2, -0.15) is 0 Å². The smallest absolute Gasteiger partial charge is 0.325 e. The molecule has 2 heterocycles. The molecule has 0 saturated heterocycles. The van der Waals surface area contributed by atoms with Gasteiger partial charge in [-0.3, -0.25) is 9.78 Å². The molecule has 0 aliphatic carbocycles. The second kappa shape index (κ2) is 6.27. The molecule has 20 heavy (non-hydrogen) atoms. The molecule has 0 N–H and O–H groups in total. The molecule has 6 nitrogen and oxygen atoms in total. The molecule has 2 rings (SSSR count). The zero-order chi connectivity index (χ0) is 14.5. The lowest BCUT2D eigenvalue weighted by molar-refractivity contribution is -0.141. The SMILES string of the molecule is CCOC(=O)CN(c1ccc2nccnc2n1)C(C)C. The fourth-order valence-corrected chi connectivity index (χ4v) is 1.88. The standard InChI is InChI=1S/C14H18N4O2/c1-4-20-13(19)9-18(10(2)3)12-6-5-11-14(17-12)16-8-7-15-11/h5-8,10H,4,9H2,1-3H3. The average Bonchev–Trinajstić information content (AvgIpc) is 2.44. The Bertz CT molecular complexity index is 600. The number of rotatable bonds is 5. The summed E-state index contributed by atoms with van der Waals surface area (Å²) in [6, 6.07) is 3.82.